The summed E-state index contributed by atoms with van der Waals surface area (Å²) in [5, 5.41) is 0. The molecule has 0 aromatic heterocycles. The third-order valence-electron chi connectivity index (χ3n) is 10.4. The van der Waals surface area contributed by atoms with Gasteiger partial charge in [0.1, 0.15) is 12.2 Å². The number of rotatable bonds is 35. The van der Waals surface area contributed by atoms with Crippen molar-refractivity contribution in [3.8, 4) is 0 Å². The molecule has 0 heterocycles. The number of ether oxygens (including phenoxy) is 2. The topological polar surface area (TPSA) is 52.6 Å². The fourth-order valence-corrected chi connectivity index (χ4v) is 7.62. The van der Waals surface area contributed by atoms with E-state index in [4.69, 9.17) is 9.47 Å². The van der Waals surface area contributed by atoms with Crippen molar-refractivity contribution in [2.45, 2.75) is 248 Å². The third kappa shape index (κ3) is 32.8. The van der Waals surface area contributed by atoms with Crippen LogP contribution in [-0.4, -0.2) is 24.1 Å². The summed E-state index contributed by atoms with van der Waals surface area (Å²) in [6, 6.07) is 0. The van der Waals surface area contributed by atoms with E-state index in [0.29, 0.717) is 36.5 Å². The number of hydrogen-bond acceptors (Lipinski definition) is 4. The maximum absolute atomic E-state index is 12.3. The molecule has 0 aliphatic rings. The average molecular weight is 707 g/mol. The SMILES string of the molecule is CC(C)CC(CC(C)C)OC(=O)CCCCCCCCCCCC(CCCCCCCCCCCC(=O)OC(CC(C)C)CC(C)C)C(C)C. The molecule has 0 aliphatic carbocycles. The van der Waals surface area contributed by atoms with Crippen molar-refractivity contribution in [3.05, 3.63) is 0 Å². The Hall–Kier alpha value is -1.06. The van der Waals surface area contributed by atoms with E-state index in [1.165, 1.54) is 103 Å². The molecule has 0 aromatic rings. The number of esters is 2. The standard InChI is InChI=1S/C46H90O4/c1-37(2)33-43(34-38(3)4)49-45(47)31-27-23-19-15-11-13-17-21-25-29-42(41(9)10)30-26-22-18-14-12-16-20-24-28-32-46(48)50-44(35-39(5)6)36-40(7)8/h37-44H,11-36H2,1-10H3. The first-order valence-corrected chi connectivity index (χ1v) is 22.2. The highest BCUT2D eigenvalue weighted by Crippen LogP contribution is 2.26. The van der Waals surface area contributed by atoms with Gasteiger partial charge in [0.25, 0.3) is 0 Å². The Morgan fingerprint density at radius 2 is 0.600 bits per heavy atom. The number of carbonyl (C=O) groups excluding carboxylic acids is 2. The van der Waals surface area contributed by atoms with E-state index in [0.717, 1.165) is 63.2 Å². The van der Waals surface area contributed by atoms with Crippen molar-refractivity contribution >= 4 is 11.9 Å². The van der Waals surface area contributed by atoms with Gasteiger partial charge in [-0.25, -0.2) is 0 Å². The molecule has 298 valence electrons. The first-order chi connectivity index (χ1) is 23.8. The van der Waals surface area contributed by atoms with Crippen molar-refractivity contribution in [1.29, 1.82) is 0 Å². The zero-order valence-electron chi connectivity index (χ0n) is 35.6. The fourth-order valence-electron chi connectivity index (χ4n) is 7.62. The Balaban J connectivity index is 3.74. The minimum atomic E-state index is 0.0125. The van der Waals surface area contributed by atoms with Gasteiger partial charge in [0.05, 0.1) is 0 Å². The molecule has 50 heavy (non-hydrogen) atoms. The molecule has 0 radical (unpaired) electrons. The molecule has 0 rings (SSSR count). The molecule has 4 heteroatoms. The highest BCUT2D eigenvalue weighted by atomic mass is 16.5. The van der Waals surface area contributed by atoms with Crippen LogP contribution in [0.1, 0.15) is 236 Å². The van der Waals surface area contributed by atoms with Crippen molar-refractivity contribution in [1.82, 2.24) is 0 Å². The molecule has 0 N–H and O–H groups in total. The predicted molar refractivity (Wildman–Crippen MR) is 217 cm³/mol. The van der Waals surface area contributed by atoms with Crippen molar-refractivity contribution in [2.75, 3.05) is 0 Å². The van der Waals surface area contributed by atoms with E-state index >= 15 is 0 Å². The molecule has 0 fully saturated rings. The normalized spacial score (nSPS) is 12.3. The summed E-state index contributed by atoms with van der Waals surface area (Å²) < 4.78 is 11.6. The van der Waals surface area contributed by atoms with Gasteiger partial charge in [0.15, 0.2) is 0 Å². The van der Waals surface area contributed by atoms with Gasteiger partial charge in [-0.15, -0.1) is 0 Å². The molecular weight excluding hydrogens is 617 g/mol. The largest absolute Gasteiger partial charge is 0.462 e. The lowest BCUT2D eigenvalue weighted by Crippen LogP contribution is -2.22. The molecule has 0 saturated heterocycles. The van der Waals surface area contributed by atoms with E-state index in [2.05, 4.69) is 69.2 Å². The fraction of sp³-hybridized carbons (Fsp3) is 0.957. The minimum absolute atomic E-state index is 0.0125. The number of carbonyl (C=O) groups is 2. The van der Waals surface area contributed by atoms with Gasteiger partial charge >= 0.3 is 11.9 Å². The van der Waals surface area contributed by atoms with E-state index in [-0.39, 0.29) is 24.1 Å². The molecule has 0 saturated carbocycles. The highest BCUT2D eigenvalue weighted by molar-refractivity contribution is 5.69. The molecule has 0 unspecified atom stereocenters. The lowest BCUT2D eigenvalue weighted by molar-refractivity contribution is -0.151. The van der Waals surface area contributed by atoms with Crippen LogP contribution in [0.4, 0.5) is 0 Å². The Morgan fingerprint density at radius 3 is 0.840 bits per heavy atom. The van der Waals surface area contributed by atoms with E-state index in [1.807, 2.05) is 0 Å². The molecule has 0 spiro atoms. The lowest BCUT2D eigenvalue weighted by atomic mass is 9.85. The predicted octanol–water partition coefficient (Wildman–Crippen LogP) is 14.8. The van der Waals surface area contributed by atoms with Crippen molar-refractivity contribution in [2.24, 2.45) is 35.5 Å². The summed E-state index contributed by atoms with van der Waals surface area (Å²) in [4.78, 5) is 24.7. The Labute approximate surface area is 314 Å². The second kappa shape index (κ2) is 32.6. The van der Waals surface area contributed by atoms with Crippen LogP contribution in [0.3, 0.4) is 0 Å². The summed E-state index contributed by atoms with van der Waals surface area (Å²) in [6.07, 6.45) is 31.2. The first-order valence-electron chi connectivity index (χ1n) is 22.2. The first kappa shape index (κ1) is 48.9. The average Bonchev–Trinajstić information content (AvgIpc) is 2.99. The third-order valence-corrected chi connectivity index (χ3v) is 10.4. The van der Waals surface area contributed by atoms with Crippen LogP contribution >= 0.6 is 0 Å². The van der Waals surface area contributed by atoms with Gasteiger partial charge in [-0.05, 0) is 74.0 Å². The van der Waals surface area contributed by atoms with E-state index < -0.39 is 0 Å². The molecule has 4 nitrogen and oxygen atoms in total. The second-order valence-corrected chi connectivity index (χ2v) is 18.2. The number of unbranched alkanes of at least 4 members (excludes halogenated alkanes) is 16. The summed E-state index contributed by atoms with van der Waals surface area (Å²) >= 11 is 0. The van der Waals surface area contributed by atoms with Crippen LogP contribution < -0.4 is 0 Å². The van der Waals surface area contributed by atoms with E-state index in [9.17, 15) is 9.59 Å². The van der Waals surface area contributed by atoms with Crippen LogP contribution in [-0.2, 0) is 19.1 Å². The second-order valence-electron chi connectivity index (χ2n) is 18.2. The van der Waals surface area contributed by atoms with E-state index in [1.54, 1.807) is 0 Å². The minimum Gasteiger partial charge on any atom is -0.462 e. The van der Waals surface area contributed by atoms with Crippen molar-refractivity contribution in [3.63, 3.8) is 0 Å². The van der Waals surface area contributed by atoms with Gasteiger partial charge in [-0.3, -0.25) is 9.59 Å². The Bertz CT molecular complexity index is 690. The maximum atomic E-state index is 12.3. The van der Waals surface area contributed by atoms with Crippen LogP contribution in [0.25, 0.3) is 0 Å². The molecule has 0 aliphatic heterocycles. The van der Waals surface area contributed by atoms with Gasteiger partial charge in [-0.2, -0.15) is 0 Å². The Morgan fingerprint density at radius 1 is 0.360 bits per heavy atom. The van der Waals surface area contributed by atoms with Crippen LogP contribution in [0, 0.1) is 35.5 Å². The highest BCUT2D eigenvalue weighted by Gasteiger charge is 2.19. The number of hydrogen-bond donors (Lipinski definition) is 0. The molecular formula is C46H90O4. The zero-order valence-corrected chi connectivity index (χ0v) is 35.6. The molecule has 0 aromatic carbocycles. The Kier molecular flexibility index (Phi) is 31.9. The maximum Gasteiger partial charge on any atom is 0.306 e. The lowest BCUT2D eigenvalue weighted by Gasteiger charge is -2.21. The summed E-state index contributed by atoms with van der Waals surface area (Å²) in [5.74, 6) is 3.98. The van der Waals surface area contributed by atoms with Crippen LogP contribution in [0.5, 0.6) is 0 Å². The quantitative estimate of drug-likeness (QED) is 0.0486. The van der Waals surface area contributed by atoms with Gasteiger partial charge < -0.3 is 9.47 Å². The van der Waals surface area contributed by atoms with Gasteiger partial charge in [0, 0.05) is 12.8 Å². The van der Waals surface area contributed by atoms with Gasteiger partial charge in [-0.1, -0.05) is 185 Å². The summed E-state index contributed by atoms with van der Waals surface area (Å²) in [6.45, 7) is 22.5. The summed E-state index contributed by atoms with van der Waals surface area (Å²) in [7, 11) is 0. The summed E-state index contributed by atoms with van der Waals surface area (Å²) in [5.41, 5.74) is 0. The smallest absolute Gasteiger partial charge is 0.306 e. The van der Waals surface area contributed by atoms with Crippen LogP contribution in [0.2, 0.25) is 0 Å². The van der Waals surface area contributed by atoms with Crippen LogP contribution in [0.15, 0.2) is 0 Å². The monoisotopic (exact) mass is 707 g/mol. The zero-order chi connectivity index (χ0) is 37.6. The van der Waals surface area contributed by atoms with Crippen molar-refractivity contribution < 1.29 is 19.1 Å². The molecule has 0 atom stereocenters. The molecule has 0 bridgehead atoms. The van der Waals surface area contributed by atoms with Gasteiger partial charge in [0.2, 0.25) is 0 Å². The molecule has 0 amide bonds.